The smallest absolute Gasteiger partial charge is 0.368 e. The Morgan fingerprint density at radius 2 is 1.94 bits per heavy atom. The van der Waals surface area contributed by atoms with Crippen LogP contribution in [-0.2, 0) is 22.5 Å². The summed E-state index contributed by atoms with van der Waals surface area (Å²) in [5.74, 6) is -0.567. The third-order valence-electron chi connectivity index (χ3n) is 2.33. The first kappa shape index (κ1) is 13.7. The fourth-order valence-corrected chi connectivity index (χ4v) is 1.58. The molecular formula is C13H16ClNO2. The molecule has 0 aliphatic rings. The predicted octanol–water partition coefficient (Wildman–Crippen LogP) is 2.95. The molecule has 1 aromatic carbocycles. The molecule has 0 saturated carbocycles. The van der Waals surface area contributed by atoms with Gasteiger partial charge >= 0.3 is 5.97 Å². The van der Waals surface area contributed by atoms with Gasteiger partial charge in [0.1, 0.15) is 0 Å². The Kier molecular flexibility index (Phi) is 5.70. The van der Waals surface area contributed by atoms with Crippen molar-refractivity contribution in [3.05, 3.63) is 35.4 Å². The maximum Gasteiger partial charge on any atom is 0.368 e. The minimum Gasteiger partial charge on any atom is -0.461 e. The molecule has 0 amide bonds. The number of benzene rings is 1. The molecule has 0 spiro atoms. The van der Waals surface area contributed by atoms with Gasteiger partial charge in [0.15, 0.2) is 0 Å². The maximum absolute atomic E-state index is 11.2. The number of carbonyl (C=O) groups is 1. The summed E-state index contributed by atoms with van der Waals surface area (Å²) in [6, 6.07) is 7.96. The zero-order valence-electron chi connectivity index (χ0n) is 10.1. The van der Waals surface area contributed by atoms with Crippen LogP contribution in [0.5, 0.6) is 0 Å². The van der Waals surface area contributed by atoms with Gasteiger partial charge in [-0.2, -0.15) is 0 Å². The molecule has 92 valence electrons. The van der Waals surface area contributed by atoms with E-state index in [-0.39, 0.29) is 5.17 Å². The van der Waals surface area contributed by atoms with E-state index in [0.717, 1.165) is 12.0 Å². The molecule has 1 aromatic rings. The van der Waals surface area contributed by atoms with Gasteiger partial charge in [-0.1, -0.05) is 42.8 Å². The summed E-state index contributed by atoms with van der Waals surface area (Å²) in [6.45, 7) is 4.52. The second-order valence-corrected chi connectivity index (χ2v) is 3.81. The molecule has 0 atom stereocenters. The number of hydrogen-bond acceptors (Lipinski definition) is 3. The van der Waals surface area contributed by atoms with E-state index < -0.39 is 5.97 Å². The summed E-state index contributed by atoms with van der Waals surface area (Å²) in [5.41, 5.74) is 2.29. The Balaban J connectivity index is 2.71. The van der Waals surface area contributed by atoms with Gasteiger partial charge in [-0.05, 0) is 24.5 Å². The zero-order valence-corrected chi connectivity index (χ0v) is 10.8. The van der Waals surface area contributed by atoms with Gasteiger partial charge < -0.3 is 4.74 Å². The highest BCUT2D eigenvalue weighted by atomic mass is 35.5. The van der Waals surface area contributed by atoms with Gasteiger partial charge in [0.25, 0.3) is 0 Å². The van der Waals surface area contributed by atoms with Gasteiger partial charge in [0.2, 0.25) is 5.17 Å². The van der Waals surface area contributed by atoms with Gasteiger partial charge in [-0.25, -0.2) is 4.79 Å². The van der Waals surface area contributed by atoms with Gasteiger partial charge in [0.05, 0.1) is 13.2 Å². The lowest BCUT2D eigenvalue weighted by Gasteiger charge is -2.04. The molecule has 0 unspecified atom stereocenters. The third kappa shape index (κ3) is 4.19. The number of carbonyl (C=O) groups excluding carboxylic acids is 1. The largest absolute Gasteiger partial charge is 0.461 e. The van der Waals surface area contributed by atoms with Crippen LogP contribution in [0.1, 0.15) is 25.0 Å². The Morgan fingerprint density at radius 1 is 1.29 bits per heavy atom. The molecule has 1 rings (SSSR count). The number of ether oxygens (including phenoxy) is 1. The molecule has 0 aliphatic carbocycles. The molecule has 0 N–H and O–H groups in total. The second-order valence-electron chi connectivity index (χ2n) is 3.45. The Morgan fingerprint density at radius 3 is 2.53 bits per heavy atom. The van der Waals surface area contributed by atoms with Crippen molar-refractivity contribution in [2.75, 3.05) is 6.61 Å². The first-order valence-corrected chi connectivity index (χ1v) is 6.00. The first-order valence-electron chi connectivity index (χ1n) is 5.62. The van der Waals surface area contributed by atoms with E-state index in [1.165, 1.54) is 5.56 Å². The minimum atomic E-state index is -0.567. The van der Waals surface area contributed by atoms with Gasteiger partial charge in [-0.15, -0.1) is 0 Å². The van der Waals surface area contributed by atoms with Crippen molar-refractivity contribution in [3.63, 3.8) is 0 Å². The number of aryl methyl sites for hydroxylation is 1. The van der Waals surface area contributed by atoms with Crippen molar-refractivity contribution < 1.29 is 9.53 Å². The van der Waals surface area contributed by atoms with Crippen LogP contribution in [-0.4, -0.2) is 17.7 Å². The van der Waals surface area contributed by atoms with Crippen LogP contribution in [0.25, 0.3) is 0 Å². The van der Waals surface area contributed by atoms with Crippen LogP contribution in [0.15, 0.2) is 29.3 Å². The average molecular weight is 254 g/mol. The highest BCUT2D eigenvalue weighted by Gasteiger charge is 2.08. The first-order chi connectivity index (χ1) is 8.19. The fraction of sp³-hybridized carbons (Fsp3) is 0.385. The molecule has 0 saturated heterocycles. The van der Waals surface area contributed by atoms with E-state index in [0.29, 0.717) is 13.2 Å². The zero-order chi connectivity index (χ0) is 12.7. The molecule has 3 nitrogen and oxygen atoms in total. The molecule has 4 heteroatoms. The van der Waals surface area contributed by atoms with Crippen molar-refractivity contribution in [3.8, 4) is 0 Å². The molecule has 0 heterocycles. The monoisotopic (exact) mass is 253 g/mol. The summed E-state index contributed by atoms with van der Waals surface area (Å²) in [6.07, 6.45) is 0.933. The normalized spacial score (nSPS) is 11.4. The predicted molar refractivity (Wildman–Crippen MR) is 69.4 cm³/mol. The van der Waals surface area contributed by atoms with Gasteiger partial charge in [0, 0.05) is 0 Å². The van der Waals surface area contributed by atoms with Crippen molar-refractivity contribution in [1.29, 1.82) is 0 Å². The highest BCUT2D eigenvalue weighted by Crippen LogP contribution is 2.11. The van der Waals surface area contributed by atoms with Gasteiger partial charge in [-0.3, -0.25) is 4.99 Å². The molecule has 0 aromatic heterocycles. The molecule has 0 aliphatic heterocycles. The number of hydrogen-bond donors (Lipinski definition) is 0. The summed E-state index contributed by atoms with van der Waals surface area (Å²) >= 11 is 5.73. The lowest BCUT2D eigenvalue weighted by atomic mass is 10.1. The average Bonchev–Trinajstić information content (AvgIpc) is 2.36. The summed E-state index contributed by atoms with van der Waals surface area (Å²) in [5, 5.41) is -0.0993. The van der Waals surface area contributed by atoms with E-state index in [1.54, 1.807) is 6.92 Å². The van der Waals surface area contributed by atoms with Crippen LogP contribution in [0.4, 0.5) is 0 Å². The number of aliphatic imine (C=N–C) groups is 1. The van der Waals surface area contributed by atoms with E-state index >= 15 is 0 Å². The third-order valence-corrected chi connectivity index (χ3v) is 2.61. The van der Waals surface area contributed by atoms with Crippen molar-refractivity contribution in [2.45, 2.75) is 26.8 Å². The van der Waals surface area contributed by atoms with Crippen molar-refractivity contribution in [2.24, 2.45) is 4.99 Å². The van der Waals surface area contributed by atoms with E-state index in [4.69, 9.17) is 16.3 Å². The van der Waals surface area contributed by atoms with Crippen molar-refractivity contribution >= 4 is 22.7 Å². The van der Waals surface area contributed by atoms with Crippen LogP contribution in [0, 0.1) is 0 Å². The number of nitrogens with zero attached hydrogens (tertiary/aromatic N) is 1. The Labute approximate surface area is 106 Å². The van der Waals surface area contributed by atoms with E-state index in [2.05, 4.69) is 11.9 Å². The fourth-order valence-electron chi connectivity index (χ4n) is 1.47. The SMILES string of the molecule is CCOC(=O)C(Cl)=NCc1ccccc1CC. The Hall–Kier alpha value is -1.35. The summed E-state index contributed by atoms with van der Waals surface area (Å²) in [4.78, 5) is 15.3. The minimum absolute atomic E-state index is 0.0993. The highest BCUT2D eigenvalue weighted by molar-refractivity contribution is 6.82. The number of esters is 1. The molecular weight excluding hydrogens is 238 g/mol. The summed E-state index contributed by atoms with van der Waals surface area (Å²) in [7, 11) is 0. The van der Waals surface area contributed by atoms with E-state index in [1.807, 2.05) is 24.3 Å². The topological polar surface area (TPSA) is 38.7 Å². The maximum atomic E-state index is 11.2. The summed E-state index contributed by atoms with van der Waals surface area (Å²) < 4.78 is 4.75. The van der Waals surface area contributed by atoms with Crippen molar-refractivity contribution in [1.82, 2.24) is 0 Å². The molecule has 0 radical (unpaired) electrons. The second kappa shape index (κ2) is 7.07. The lowest BCUT2D eigenvalue weighted by molar-refractivity contribution is -0.134. The standard InChI is InChI=1S/C13H16ClNO2/c1-3-10-7-5-6-8-11(10)9-15-12(14)13(16)17-4-2/h5-8H,3-4,9H2,1-2H3. The van der Waals surface area contributed by atoms with Crippen LogP contribution in [0.2, 0.25) is 0 Å². The molecule has 17 heavy (non-hydrogen) atoms. The van der Waals surface area contributed by atoms with E-state index in [9.17, 15) is 4.79 Å². The number of halogens is 1. The number of rotatable bonds is 5. The quantitative estimate of drug-likeness (QED) is 0.598. The molecule has 0 fully saturated rings. The van der Waals surface area contributed by atoms with Crippen LogP contribution in [0.3, 0.4) is 0 Å². The van der Waals surface area contributed by atoms with Crippen LogP contribution >= 0.6 is 11.6 Å². The molecule has 0 bridgehead atoms. The van der Waals surface area contributed by atoms with Crippen LogP contribution < -0.4 is 0 Å². The Bertz CT molecular complexity index is 416. The lowest BCUT2D eigenvalue weighted by Crippen LogP contribution is -2.12.